The Bertz CT molecular complexity index is 398. The minimum atomic E-state index is -2.89. The molecule has 0 aromatic carbocycles. The number of ether oxygens (including phenoxy) is 1. The zero-order valence-corrected chi connectivity index (χ0v) is 8.94. The van der Waals surface area contributed by atoms with Gasteiger partial charge in [0.2, 0.25) is 0 Å². The van der Waals surface area contributed by atoms with Gasteiger partial charge in [-0.1, -0.05) is 11.6 Å². The minimum Gasteiger partial charge on any atom is -0.494 e. The Labute approximate surface area is 94.0 Å². The molecule has 1 heterocycles. The summed E-state index contributed by atoms with van der Waals surface area (Å²) in [7, 11) is 1.14. The normalized spacial score (nSPS) is 10.5. The molecule has 0 saturated heterocycles. The molecule has 15 heavy (non-hydrogen) atoms. The van der Waals surface area contributed by atoms with Crippen LogP contribution in [0.25, 0.3) is 0 Å². The first-order valence-corrected chi connectivity index (χ1v) is 4.45. The molecular formula is C8H5Cl2F2NO2. The molecule has 1 aromatic heterocycles. The van der Waals surface area contributed by atoms with Gasteiger partial charge >= 0.3 is 0 Å². The van der Waals surface area contributed by atoms with Gasteiger partial charge in [0.25, 0.3) is 11.7 Å². The second kappa shape index (κ2) is 4.72. The van der Waals surface area contributed by atoms with Crippen LogP contribution in [0.4, 0.5) is 8.78 Å². The highest BCUT2D eigenvalue weighted by molar-refractivity contribution is 6.68. The highest BCUT2D eigenvalue weighted by atomic mass is 35.5. The summed E-state index contributed by atoms with van der Waals surface area (Å²) < 4.78 is 29.6. The smallest absolute Gasteiger partial charge is 0.284 e. The van der Waals surface area contributed by atoms with Crippen LogP contribution < -0.4 is 4.74 Å². The van der Waals surface area contributed by atoms with E-state index in [0.29, 0.717) is 0 Å². The molecule has 0 saturated carbocycles. The quantitative estimate of drug-likeness (QED) is 0.616. The Balaban J connectivity index is 3.45. The molecule has 0 radical (unpaired) electrons. The lowest BCUT2D eigenvalue weighted by Gasteiger charge is -2.10. The van der Waals surface area contributed by atoms with Gasteiger partial charge in [0.05, 0.1) is 12.7 Å². The maximum absolute atomic E-state index is 12.5. The zero-order valence-electron chi connectivity index (χ0n) is 7.43. The van der Waals surface area contributed by atoms with E-state index in [1.165, 1.54) is 0 Å². The van der Waals surface area contributed by atoms with E-state index in [2.05, 4.69) is 9.72 Å². The van der Waals surface area contributed by atoms with Crippen LogP contribution in [-0.4, -0.2) is 17.3 Å². The summed E-state index contributed by atoms with van der Waals surface area (Å²) in [5.74, 6) is -0.352. The third-order valence-corrected chi connectivity index (χ3v) is 1.99. The third kappa shape index (κ3) is 2.54. The maximum atomic E-state index is 12.5. The highest BCUT2D eigenvalue weighted by Crippen LogP contribution is 2.33. The maximum Gasteiger partial charge on any atom is 0.284 e. The number of carbonyl (C=O) groups excluding carboxylic acids is 1. The standard InChI is InChI=1S/C8H5Cl2F2NO2/c1-15-6-3(7(10)14)2-4(9)13-5(6)8(11)12/h2,8H,1H3. The predicted octanol–water partition coefficient (Wildman–Crippen LogP) is 3.06. The Morgan fingerprint density at radius 2 is 2.20 bits per heavy atom. The van der Waals surface area contributed by atoms with Crippen molar-refractivity contribution in [3.8, 4) is 5.75 Å². The molecule has 0 bridgehead atoms. The average molecular weight is 256 g/mol. The molecule has 0 amide bonds. The first-order chi connectivity index (χ1) is 6.97. The fraction of sp³-hybridized carbons (Fsp3) is 0.250. The van der Waals surface area contributed by atoms with E-state index in [1.54, 1.807) is 0 Å². The van der Waals surface area contributed by atoms with Crippen LogP contribution in [0.15, 0.2) is 6.07 Å². The van der Waals surface area contributed by atoms with E-state index in [1.807, 2.05) is 0 Å². The Kier molecular flexibility index (Phi) is 3.82. The van der Waals surface area contributed by atoms with E-state index < -0.39 is 17.4 Å². The van der Waals surface area contributed by atoms with Crippen LogP contribution in [0.1, 0.15) is 22.5 Å². The topological polar surface area (TPSA) is 39.2 Å². The lowest BCUT2D eigenvalue weighted by molar-refractivity contribution is 0.107. The Morgan fingerprint density at radius 3 is 2.60 bits per heavy atom. The molecule has 1 rings (SSSR count). The highest BCUT2D eigenvalue weighted by Gasteiger charge is 2.23. The summed E-state index contributed by atoms with van der Waals surface area (Å²) in [6.07, 6.45) is -2.89. The minimum absolute atomic E-state index is 0.227. The first kappa shape index (κ1) is 12.1. The number of hydrogen-bond acceptors (Lipinski definition) is 3. The lowest BCUT2D eigenvalue weighted by atomic mass is 10.2. The summed E-state index contributed by atoms with van der Waals surface area (Å²) in [6.45, 7) is 0. The van der Waals surface area contributed by atoms with Crippen molar-refractivity contribution in [2.24, 2.45) is 0 Å². The SMILES string of the molecule is COc1c(C(=O)Cl)cc(Cl)nc1C(F)F. The number of halogens is 4. The second-order valence-corrected chi connectivity index (χ2v) is 3.22. The van der Waals surface area contributed by atoms with Crippen LogP contribution in [0.2, 0.25) is 5.15 Å². The monoisotopic (exact) mass is 255 g/mol. The molecule has 0 N–H and O–H groups in total. The molecule has 0 fully saturated rings. The number of hydrogen-bond donors (Lipinski definition) is 0. The van der Waals surface area contributed by atoms with E-state index in [4.69, 9.17) is 23.2 Å². The van der Waals surface area contributed by atoms with Crippen molar-refractivity contribution in [3.63, 3.8) is 0 Å². The number of rotatable bonds is 3. The average Bonchev–Trinajstić information content (AvgIpc) is 2.16. The summed E-state index contributed by atoms with van der Waals surface area (Å²) in [5, 5.41) is -1.17. The van der Waals surface area contributed by atoms with Crippen molar-refractivity contribution in [2.75, 3.05) is 7.11 Å². The third-order valence-electron chi connectivity index (χ3n) is 1.59. The molecule has 0 aliphatic carbocycles. The summed E-state index contributed by atoms with van der Waals surface area (Å²) >= 11 is 10.6. The second-order valence-electron chi connectivity index (χ2n) is 2.49. The van der Waals surface area contributed by atoms with Crippen LogP contribution in [-0.2, 0) is 0 Å². The van der Waals surface area contributed by atoms with E-state index >= 15 is 0 Å². The van der Waals surface area contributed by atoms with Crippen molar-refractivity contribution >= 4 is 28.4 Å². The fourth-order valence-electron chi connectivity index (χ4n) is 1.03. The summed E-state index contributed by atoms with van der Waals surface area (Å²) in [4.78, 5) is 14.3. The molecule has 0 unspecified atom stereocenters. The van der Waals surface area contributed by atoms with Crippen LogP contribution in [0.5, 0.6) is 5.75 Å². The molecule has 0 aliphatic heterocycles. The number of pyridine rings is 1. The van der Waals surface area contributed by atoms with E-state index in [-0.39, 0.29) is 16.5 Å². The van der Waals surface area contributed by atoms with Crippen LogP contribution in [0, 0.1) is 0 Å². The van der Waals surface area contributed by atoms with Gasteiger partial charge in [-0.05, 0) is 17.7 Å². The number of nitrogens with zero attached hydrogens (tertiary/aromatic N) is 1. The first-order valence-electron chi connectivity index (χ1n) is 3.69. The van der Waals surface area contributed by atoms with Crippen molar-refractivity contribution < 1.29 is 18.3 Å². The molecule has 3 nitrogen and oxygen atoms in total. The van der Waals surface area contributed by atoms with Gasteiger partial charge in [0.1, 0.15) is 5.15 Å². The van der Waals surface area contributed by atoms with Gasteiger partial charge in [0, 0.05) is 0 Å². The largest absolute Gasteiger partial charge is 0.494 e. The van der Waals surface area contributed by atoms with E-state index in [9.17, 15) is 13.6 Å². The molecule has 1 aromatic rings. The van der Waals surface area contributed by atoms with E-state index in [0.717, 1.165) is 13.2 Å². The van der Waals surface area contributed by atoms with Gasteiger partial charge in [0.15, 0.2) is 11.4 Å². The lowest BCUT2D eigenvalue weighted by Crippen LogP contribution is -2.03. The number of alkyl halides is 2. The van der Waals surface area contributed by atoms with Crippen molar-refractivity contribution in [2.45, 2.75) is 6.43 Å². The molecule has 0 aliphatic rings. The van der Waals surface area contributed by atoms with Gasteiger partial charge in [-0.25, -0.2) is 13.8 Å². The fourth-order valence-corrected chi connectivity index (χ4v) is 1.37. The molecule has 0 atom stereocenters. The van der Waals surface area contributed by atoms with Crippen LogP contribution in [0.3, 0.4) is 0 Å². The van der Waals surface area contributed by atoms with Crippen molar-refractivity contribution in [1.82, 2.24) is 4.98 Å². The molecule has 0 spiro atoms. The van der Waals surface area contributed by atoms with Gasteiger partial charge in [-0.2, -0.15) is 0 Å². The van der Waals surface area contributed by atoms with Gasteiger partial charge in [-0.3, -0.25) is 4.79 Å². The molecule has 82 valence electrons. The summed E-state index contributed by atoms with van der Waals surface area (Å²) in [6, 6.07) is 1.07. The Morgan fingerprint density at radius 1 is 1.60 bits per heavy atom. The zero-order chi connectivity index (χ0) is 11.6. The van der Waals surface area contributed by atoms with Gasteiger partial charge in [-0.15, -0.1) is 0 Å². The van der Waals surface area contributed by atoms with Crippen molar-refractivity contribution in [1.29, 1.82) is 0 Å². The van der Waals surface area contributed by atoms with Crippen LogP contribution >= 0.6 is 23.2 Å². The number of aromatic nitrogens is 1. The van der Waals surface area contributed by atoms with Gasteiger partial charge < -0.3 is 4.74 Å². The van der Waals surface area contributed by atoms with Crippen molar-refractivity contribution in [3.05, 3.63) is 22.5 Å². The predicted molar refractivity (Wildman–Crippen MR) is 50.9 cm³/mol. The molecule has 7 heteroatoms. The molecular weight excluding hydrogens is 251 g/mol. The Hall–Kier alpha value is -0.940. The number of carbonyl (C=O) groups is 1. The summed E-state index contributed by atoms with van der Waals surface area (Å²) in [5.41, 5.74) is -0.927. The number of methoxy groups -OCH3 is 1.